The van der Waals surface area contributed by atoms with Gasteiger partial charge in [0.2, 0.25) is 0 Å². The number of aliphatic hydroxyl groups is 3. The van der Waals surface area contributed by atoms with Gasteiger partial charge in [-0.15, -0.1) is 0 Å². The van der Waals surface area contributed by atoms with Gasteiger partial charge >= 0.3 is 0 Å². The minimum atomic E-state index is -0.694. The van der Waals surface area contributed by atoms with E-state index in [0.717, 1.165) is 13.0 Å². The number of ether oxygens (including phenoxy) is 3. The van der Waals surface area contributed by atoms with Crippen LogP contribution in [0.25, 0.3) is 0 Å². The number of nitrogens with zero attached hydrogens (tertiary/aromatic N) is 3. The van der Waals surface area contributed by atoms with Crippen molar-refractivity contribution in [2.75, 3.05) is 56.9 Å². The van der Waals surface area contributed by atoms with Crippen LogP contribution >= 0.6 is 106 Å². The minimum Gasteiger partial charge on any atom is -0.390 e. The molecule has 3 unspecified atom stereocenters. The van der Waals surface area contributed by atoms with Crippen LogP contribution in [0.15, 0.2) is 13.0 Å². The molecule has 6 N–H and O–H groups in total. The smallest absolute Gasteiger partial charge is 0.177 e. The van der Waals surface area contributed by atoms with Gasteiger partial charge in [0.05, 0.1) is 58.0 Å². The number of aromatic amines is 3. The van der Waals surface area contributed by atoms with Crippen LogP contribution in [0, 0.1) is 17.8 Å². The molecule has 0 aliphatic carbocycles. The van der Waals surface area contributed by atoms with Crippen molar-refractivity contribution in [3.63, 3.8) is 0 Å². The molecule has 3 rings (SSSR count). The van der Waals surface area contributed by atoms with Gasteiger partial charge in [0.1, 0.15) is 0 Å². The van der Waals surface area contributed by atoms with Crippen molar-refractivity contribution in [1.82, 2.24) is 30.6 Å². The fraction of sp³-hybridized carbons (Fsp3) is 0.684. The van der Waals surface area contributed by atoms with Crippen molar-refractivity contribution in [3.05, 3.63) is 11.9 Å². The van der Waals surface area contributed by atoms with Gasteiger partial charge in [0, 0.05) is 23.2 Å². The molecule has 0 aliphatic rings. The van der Waals surface area contributed by atoms with E-state index in [-0.39, 0.29) is 45.6 Å². The molecule has 0 bridgehead atoms. The van der Waals surface area contributed by atoms with Crippen molar-refractivity contribution in [2.24, 2.45) is 5.92 Å². The van der Waals surface area contributed by atoms with Crippen molar-refractivity contribution >= 4 is 106 Å². The normalized spacial score (nSPS) is 14.8. The largest absolute Gasteiger partial charge is 0.390 e. The molecule has 40 heavy (non-hydrogen) atoms. The quantitative estimate of drug-likeness (QED) is 0.0694. The molecule has 3 aromatic rings. The highest BCUT2D eigenvalue weighted by molar-refractivity contribution is 8.01. The monoisotopic (exact) mass is 724 g/mol. The molecule has 3 heterocycles. The summed E-state index contributed by atoms with van der Waals surface area (Å²) >= 11 is 23.3. The number of hydrogen-bond donors (Lipinski definition) is 6. The standard InChI is InChI=1S/C19H28N6O6S9/c26-11(7-35-17-23-20-14(32)38-17)4-29-1-10(2-30-5-12(27)8-36-18-24-21-15(33)39-18)3-31-6-13(28)9-37-19-25-22-16(34)40-19/h10-13,26-28H,1-9H2,(H,20,32)(H,21,33)(H,22,34). The summed E-state index contributed by atoms with van der Waals surface area (Å²) in [6.45, 7) is 1.19. The number of aromatic nitrogens is 6. The Morgan fingerprint density at radius 3 is 1.12 bits per heavy atom. The molecule has 0 radical (unpaired) electrons. The second kappa shape index (κ2) is 19.4. The minimum absolute atomic E-state index is 0.128. The van der Waals surface area contributed by atoms with Crippen LogP contribution in [0.4, 0.5) is 0 Å². The summed E-state index contributed by atoms with van der Waals surface area (Å²) in [5, 5.41) is 51.1. The van der Waals surface area contributed by atoms with Gasteiger partial charge < -0.3 is 29.5 Å². The molecule has 0 fully saturated rings. The predicted octanol–water partition coefficient (Wildman–Crippen LogP) is 3.65. The molecule has 0 amide bonds. The SMILES string of the molecule is OC(COCC(COCC(O)CSc1n[nH]c(=S)s1)COCC(O)CSc1n[nH]c(=S)s1)CSc1n[nH]c(=S)s1. The number of aliphatic hydroxyl groups excluding tert-OH is 3. The zero-order chi connectivity index (χ0) is 28.7. The third kappa shape index (κ3) is 14.6. The maximum absolute atomic E-state index is 10.3. The Kier molecular flexibility index (Phi) is 16.8. The second-order valence-corrected chi connectivity index (χ2v) is 16.8. The molecule has 21 heteroatoms. The Hall–Kier alpha value is 0.150. The van der Waals surface area contributed by atoms with E-state index in [2.05, 4.69) is 30.6 Å². The van der Waals surface area contributed by atoms with Gasteiger partial charge in [-0.1, -0.05) is 69.3 Å². The topological polar surface area (TPSA) is 174 Å². The highest BCUT2D eigenvalue weighted by atomic mass is 32.2. The van der Waals surface area contributed by atoms with Crippen LogP contribution in [-0.4, -0.2) is 121 Å². The number of thioether (sulfide) groups is 3. The number of nitrogens with one attached hydrogen (secondary N) is 3. The third-order valence-electron chi connectivity index (χ3n) is 4.44. The molecule has 0 aromatic carbocycles. The molecule has 0 aliphatic heterocycles. The Morgan fingerprint density at radius 2 is 0.875 bits per heavy atom. The van der Waals surface area contributed by atoms with E-state index < -0.39 is 18.3 Å². The fourth-order valence-electron chi connectivity index (χ4n) is 2.74. The van der Waals surface area contributed by atoms with Crippen LogP contribution in [0.3, 0.4) is 0 Å². The molecule has 0 saturated carbocycles. The van der Waals surface area contributed by atoms with E-state index in [1.807, 2.05) is 0 Å². The Labute approximate surface area is 270 Å². The molecule has 0 saturated heterocycles. The van der Waals surface area contributed by atoms with E-state index in [4.69, 9.17) is 50.9 Å². The zero-order valence-electron chi connectivity index (χ0n) is 20.8. The first kappa shape index (κ1) is 34.6. The number of hydrogen-bond acceptors (Lipinski definition) is 18. The van der Waals surface area contributed by atoms with Crippen molar-refractivity contribution in [1.29, 1.82) is 0 Å². The molecule has 224 valence electrons. The Balaban J connectivity index is 1.37. The maximum atomic E-state index is 10.3. The van der Waals surface area contributed by atoms with Gasteiger partial charge in [-0.2, -0.15) is 15.3 Å². The van der Waals surface area contributed by atoms with E-state index >= 15 is 0 Å². The Morgan fingerprint density at radius 1 is 0.575 bits per heavy atom. The molecular formula is C19H28N6O6S9. The molecule has 0 spiro atoms. The van der Waals surface area contributed by atoms with Gasteiger partial charge in [-0.25, -0.2) is 0 Å². The lowest BCUT2D eigenvalue weighted by molar-refractivity contribution is -0.0444. The molecule has 3 aromatic heterocycles. The lowest BCUT2D eigenvalue weighted by Crippen LogP contribution is -2.29. The van der Waals surface area contributed by atoms with Crippen LogP contribution in [-0.2, 0) is 14.2 Å². The average molecular weight is 725 g/mol. The van der Waals surface area contributed by atoms with E-state index in [9.17, 15) is 15.3 Å². The summed E-state index contributed by atoms with van der Waals surface area (Å²) < 4.78 is 21.2. The van der Waals surface area contributed by atoms with Gasteiger partial charge in [0.25, 0.3) is 0 Å². The van der Waals surface area contributed by atoms with Crippen molar-refractivity contribution in [3.8, 4) is 0 Å². The second-order valence-electron chi connectivity index (χ2n) is 8.01. The first-order valence-electron chi connectivity index (χ1n) is 11.6. The van der Waals surface area contributed by atoms with Crippen LogP contribution < -0.4 is 0 Å². The molecule has 12 nitrogen and oxygen atoms in total. The maximum Gasteiger partial charge on any atom is 0.177 e. The van der Waals surface area contributed by atoms with Gasteiger partial charge in [-0.3, -0.25) is 15.3 Å². The summed E-state index contributed by atoms with van der Waals surface area (Å²) in [4.78, 5) is 0. The highest BCUT2D eigenvalue weighted by Crippen LogP contribution is 2.23. The third-order valence-corrected chi connectivity index (χ3v) is 11.6. The van der Waals surface area contributed by atoms with E-state index in [1.54, 1.807) is 0 Å². The first-order valence-corrected chi connectivity index (χ1v) is 18.2. The fourth-order valence-corrected chi connectivity index (χ4v) is 8.78. The first-order chi connectivity index (χ1) is 19.3. The van der Waals surface area contributed by atoms with Gasteiger partial charge in [-0.05, 0) is 36.7 Å². The summed E-state index contributed by atoms with van der Waals surface area (Å²) in [7, 11) is 0. The average Bonchev–Trinajstić information content (AvgIpc) is 3.65. The van der Waals surface area contributed by atoms with E-state index in [0.29, 0.717) is 29.1 Å². The lowest BCUT2D eigenvalue weighted by Gasteiger charge is -2.20. The summed E-state index contributed by atoms with van der Waals surface area (Å²) in [5.41, 5.74) is 0. The number of rotatable bonds is 21. The highest BCUT2D eigenvalue weighted by Gasteiger charge is 2.16. The zero-order valence-corrected chi connectivity index (χ0v) is 28.1. The van der Waals surface area contributed by atoms with Crippen molar-refractivity contribution in [2.45, 2.75) is 31.3 Å². The lowest BCUT2D eigenvalue weighted by atomic mass is 10.2. The Bertz CT molecular complexity index is 1120. The predicted molar refractivity (Wildman–Crippen MR) is 168 cm³/mol. The van der Waals surface area contributed by atoms with Crippen LogP contribution in [0.1, 0.15) is 0 Å². The van der Waals surface area contributed by atoms with Gasteiger partial charge in [0.15, 0.2) is 24.9 Å². The summed E-state index contributed by atoms with van der Waals surface area (Å²) in [6, 6.07) is 0. The van der Waals surface area contributed by atoms with Crippen LogP contribution in [0.5, 0.6) is 0 Å². The summed E-state index contributed by atoms with van der Waals surface area (Å²) in [5.74, 6) is 1.06. The van der Waals surface area contributed by atoms with Crippen molar-refractivity contribution < 1.29 is 29.5 Å². The van der Waals surface area contributed by atoms with Crippen LogP contribution in [0.2, 0.25) is 0 Å². The van der Waals surface area contributed by atoms with E-state index in [1.165, 1.54) is 69.3 Å². The molecular weight excluding hydrogens is 697 g/mol. The number of H-pyrrole nitrogens is 3. The molecule has 3 atom stereocenters. The summed E-state index contributed by atoms with van der Waals surface area (Å²) in [6.07, 6.45) is -2.08.